The first kappa shape index (κ1) is 22.2. The van der Waals surface area contributed by atoms with Crippen molar-refractivity contribution in [1.82, 2.24) is 26.3 Å². The number of carbonyl (C=O) groups is 1. The molecule has 0 unspecified atom stereocenters. The van der Waals surface area contributed by atoms with Gasteiger partial charge >= 0.3 is 6.03 Å². The van der Waals surface area contributed by atoms with Crippen molar-refractivity contribution in [3.05, 3.63) is 65.5 Å². The second-order valence-corrected chi connectivity index (χ2v) is 7.99. The van der Waals surface area contributed by atoms with Gasteiger partial charge < -0.3 is 21.3 Å². The fourth-order valence-corrected chi connectivity index (χ4v) is 3.75. The van der Waals surface area contributed by atoms with Crippen LogP contribution in [0.15, 0.2) is 48.7 Å². The molecule has 0 atom stereocenters. The molecule has 30 heavy (non-hydrogen) atoms. The van der Waals surface area contributed by atoms with E-state index in [-0.39, 0.29) is 6.03 Å². The van der Waals surface area contributed by atoms with Crippen molar-refractivity contribution in [1.29, 1.82) is 0 Å². The van der Waals surface area contributed by atoms with E-state index in [0.29, 0.717) is 13.1 Å². The van der Waals surface area contributed by atoms with E-state index in [0.717, 1.165) is 43.4 Å². The van der Waals surface area contributed by atoms with Gasteiger partial charge in [0.2, 0.25) is 0 Å². The lowest BCUT2D eigenvalue weighted by Gasteiger charge is -2.22. The van der Waals surface area contributed by atoms with Gasteiger partial charge in [0.1, 0.15) is 0 Å². The molecule has 1 heterocycles. The zero-order chi connectivity index (χ0) is 20.9. The quantitative estimate of drug-likeness (QED) is 0.429. The molecule has 6 heteroatoms. The molecule has 1 aliphatic carbocycles. The van der Waals surface area contributed by atoms with Crippen molar-refractivity contribution >= 4 is 6.03 Å². The molecule has 0 spiro atoms. The van der Waals surface area contributed by atoms with E-state index in [1.165, 1.54) is 37.7 Å². The number of amides is 2. The van der Waals surface area contributed by atoms with E-state index in [4.69, 9.17) is 0 Å². The molecule has 0 radical (unpaired) electrons. The molecule has 2 amide bonds. The Morgan fingerprint density at radius 3 is 2.33 bits per heavy atom. The van der Waals surface area contributed by atoms with Crippen molar-refractivity contribution in [3.8, 4) is 0 Å². The summed E-state index contributed by atoms with van der Waals surface area (Å²) >= 11 is 0. The Morgan fingerprint density at radius 2 is 1.60 bits per heavy atom. The van der Waals surface area contributed by atoms with Crippen molar-refractivity contribution in [2.24, 2.45) is 0 Å². The SMILES string of the molecule is O=C(NCc1ccc(CNCCCNC2CCCCC2)cc1)NCc1ccccn1. The second kappa shape index (κ2) is 13.0. The zero-order valence-corrected chi connectivity index (χ0v) is 17.8. The lowest BCUT2D eigenvalue weighted by atomic mass is 9.95. The number of rotatable bonds is 11. The van der Waals surface area contributed by atoms with Crippen LogP contribution in [0.2, 0.25) is 0 Å². The lowest BCUT2D eigenvalue weighted by molar-refractivity contribution is 0.240. The predicted molar refractivity (Wildman–Crippen MR) is 121 cm³/mol. The van der Waals surface area contributed by atoms with Gasteiger partial charge in [-0.3, -0.25) is 4.98 Å². The minimum Gasteiger partial charge on any atom is -0.334 e. The molecule has 1 saturated carbocycles. The Morgan fingerprint density at radius 1 is 0.867 bits per heavy atom. The molecular formula is C24H35N5O. The monoisotopic (exact) mass is 409 g/mol. The van der Waals surface area contributed by atoms with Crippen molar-refractivity contribution in [2.45, 2.75) is 64.2 Å². The summed E-state index contributed by atoms with van der Waals surface area (Å²) < 4.78 is 0. The normalized spacial score (nSPS) is 14.4. The number of urea groups is 1. The van der Waals surface area contributed by atoms with Crippen LogP contribution in [-0.2, 0) is 19.6 Å². The molecular weight excluding hydrogens is 374 g/mol. The van der Waals surface area contributed by atoms with E-state index < -0.39 is 0 Å². The van der Waals surface area contributed by atoms with Gasteiger partial charge in [-0.1, -0.05) is 49.6 Å². The number of hydrogen-bond donors (Lipinski definition) is 4. The van der Waals surface area contributed by atoms with Gasteiger partial charge in [0, 0.05) is 25.3 Å². The maximum absolute atomic E-state index is 11.9. The topological polar surface area (TPSA) is 78.1 Å². The summed E-state index contributed by atoms with van der Waals surface area (Å²) in [5.74, 6) is 0. The molecule has 4 N–H and O–H groups in total. The zero-order valence-electron chi connectivity index (χ0n) is 17.8. The summed E-state index contributed by atoms with van der Waals surface area (Å²) in [6, 6.07) is 14.6. The van der Waals surface area contributed by atoms with Gasteiger partial charge in [-0.2, -0.15) is 0 Å². The molecule has 1 aliphatic rings. The summed E-state index contributed by atoms with van der Waals surface area (Å²) in [6.45, 7) is 3.94. The van der Waals surface area contributed by atoms with Crippen molar-refractivity contribution in [3.63, 3.8) is 0 Å². The van der Waals surface area contributed by atoms with Gasteiger partial charge in [0.25, 0.3) is 0 Å². The van der Waals surface area contributed by atoms with Crippen LogP contribution in [0.5, 0.6) is 0 Å². The molecule has 0 bridgehead atoms. The first-order valence-corrected chi connectivity index (χ1v) is 11.2. The van der Waals surface area contributed by atoms with E-state index in [9.17, 15) is 4.79 Å². The molecule has 1 aromatic carbocycles. The molecule has 3 rings (SSSR count). The van der Waals surface area contributed by atoms with E-state index in [1.807, 2.05) is 18.2 Å². The summed E-state index contributed by atoms with van der Waals surface area (Å²) in [7, 11) is 0. The first-order chi connectivity index (χ1) is 14.8. The van der Waals surface area contributed by atoms with Crippen LogP contribution in [0.4, 0.5) is 4.79 Å². The van der Waals surface area contributed by atoms with E-state index >= 15 is 0 Å². The Labute approximate surface area is 180 Å². The molecule has 6 nitrogen and oxygen atoms in total. The lowest BCUT2D eigenvalue weighted by Crippen LogP contribution is -2.34. The van der Waals surface area contributed by atoms with Gasteiger partial charge in [0.05, 0.1) is 12.2 Å². The molecule has 162 valence electrons. The highest BCUT2D eigenvalue weighted by Gasteiger charge is 2.11. The average molecular weight is 410 g/mol. The first-order valence-electron chi connectivity index (χ1n) is 11.2. The Balaban J connectivity index is 1.24. The second-order valence-electron chi connectivity index (χ2n) is 7.99. The van der Waals surface area contributed by atoms with Crippen LogP contribution in [0.25, 0.3) is 0 Å². The summed E-state index contributed by atoms with van der Waals surface area (Å²) in [5.41, 5.74) is 3.19. The number of nitrogens with zero attached hydrogens (tertiary/aromatic N) is 1. The van der Waals surface area contributed by atoms with Crippen molar-refractivity contribution < 1.29 is 4.79 Å². The predicted octanol–water partition coefficient (Wildman–Crippen LogP) is 3.48. The summed E-state index contributed by atoms with van der Waals surface area (Å²) in [6.07, 6.45) is 9.76. The maximum atomic E-state index is 11.9. The molecule has 1 fully saturated rings. The number of pyridine rings is 1. The van der Waals surface area contributed by atoms with Gasteiger partial charge in [0.15, 0.2) is 0 Å². The Kier molecular flexibility index (Phi) is 9.63. The highest BCUT2D eigenvalue weighted by atomic mass is 16.2. The number of aromatic nitrogens is 1. The van der Waals surface area contributed by atoms with Gasteiger partial charge in [-0.05, 0) is 55.6 Å². The summed E-state index contributed by atoms with van der Waals surface area (Å²) in [5, 5.41) is 12.9. The third kappa shape index (κ3) is 8.51. The van der Waals surface area contributed by atoms with Crippen LogP contribution in [0.1, 0.15) is 55.3 Å². The largest absolute Gasteiger partial charge is 0.334 e. The van der Waals surface area contributed by atoms with Crippen LogP contribution in [-0.4, -0.2) is 30.1 Å². The minimum atomic E-state index is -0.187. The standard InChI is InChI=1S/C24H35N5O/c30-24(29-19-23-9-4-5-15-27-23)28-18-21-12-10-20(11-13-21)17-25-14-6-16-26-22-7-2-1-3-8-22/h4-5,9-13,15,22,25-26H,1-3,6-8,14,16-19H2,(H2,28,29,30). The number of carbonyl (C=O) groups excluding carboxylic acids is 1. The Bertz CT molecular complexity index is 729. The number of hydrogen-bond acceptors (Lipinski definition) is 4. The highest BCUT2D eigenvalue weighted by Crippen LogP contribution is 2.17. The average Bonchev–Trinajstić information content (AvgIpc) is 2.80. The minimum absolute atomic E-state index is 0.187. The third-order valence-corrected chi connectivity index (χ3v) is 5.53. The van der Waals surface area contributed by atoms with E-state index in [1.54, 1.807) is 6.20 Å². The number of benzene rings is 1. The number of nitrogens with one attached hydrogen (secondary N) is 4. The fraction of sp³-hybridized carbons (Fsp3) is 0.500. The maximum Gasteiger partial charge on any atom is 0.315 e. The van der Waals surface area contributed by atoms with Crippen LogP contribution in [0.3, 0.4) is 0 Å². The van der Waals surface area contributed by atoms with Gasteiger partial charge in [-0.25, -0.2) is 4.79 Å². The smallest absolute Gasteiger partial charge is 0.315 e. The molecule has 0 aliphatic heterocycles. The molecule has 1 aromatic heterocycles. The van der Waals surface area contributed by atoms with Crippen LogP contribution < -0.4 is 21.3 Å². The molecule has 2 aromatic rings. The van der Waals surface area contributed by atoms with Crippen LogP contribution >= 0.6 is 0 Å². The van der Waals surface area contributed by atoms with Crippen LogP contribution in [0, 0.1) is 0 Å². The van der Waals surface area contributed by atoms with E-state index in [2.05, 4.69) is 50.5 Å². The highest BCUT2D eigenvalue weighted by molar-refractivity contribution is 5.73. The van der Waals surface area contributed by atoms with Crippen molar-refractivity contribution in [2.75, 3.05) is 13.1 Å². The third-order valence-electron chi connectivity index (χ3n) is 5.53. The summed E-state index contributed by atoms with van der Waals surface area (Å²) in [4.78, 5) is 16.1. The van der Waals surface area contributed by atoms with Gasteiger partial charge in [-0.15, -0.1) is 0 Å². The fourth-order valence-electron chi connectivity index (χ4n) is 3.75. The Hall–Kier alpha value is -2.44. The molecule has 0 saturated heterocycles.